The Morgan fingerprint density at radius 1 is 1.04 bits per heavy atom. The normalized spacial score (nSPS) is 18.6. The quantitative estimate of drug-likeness (QED) is 0.0421. The summed E-state index contributed by atoms with van der Waals surface area (Å²) in [6, 6.07) is 14.2. The van der Waals surface area contributed by atoms with Gasteiger partial charge in [-0.15, -0.1) is 0 Å². The molecule has 0 amide bonds. The number of benzene rings is 2. The van der Waals surface area contributed by atoms with E-state index in [9.17, 15) is 4.79 Å². The molecule has 0 spiro atoms. The van der Waals surface area contributed by atoms with Gasteiger partial charge in [0.2, 0.25) is 0 Å². The molecule has 51 heavy (non-hydrogen) atoms. The van der Waals surface area contributed by atoms with Crippen LogP contribution in [0.4, 0.5) is 4.39 Å². The van der Waals surface area contributed by atoms with Gasteiger partial charge in [-0.1, -0.05) is 47.3 Å². The minimum absolute atomic E-state index is 0.0630. The van der Waals surface area contributed by atoms with Crippen LogP contribution in [0.3, 0.4) is 0 Å². The number of piperidine rings is 1. The summed E-state index contributed by atoms with van der Waals surface area (Å²) in [7, 11) is 0. The van der Waals surface area contributed by atoms with Crippen molar-refractivity contribution in [2.75, 3.05) is 18.1 Å². The van der Waals surface area contributed by atoms with Crippen molar-refractivity contribution in [3.63, 3.8) is 0 Å². The van der Waals surface area contributed by atoms with E-state index in [1.807, 2.05) is 24.3 Å². The van der Waals surface area contributed by atoms with Crippen LogP contribution in [0.1, 0.15) is 75.0 Å². The maximum absolute atomic E-state index is 15.3. The average Bonchev–Trinajstić information content (AvgIpc) is 3.88. The molecule has 272 valence electrons. The summed E-state index contributed by atoms with van der Waals surface area (Å²) in [5.41, 5.74) is 21.1. The molecule has 14 heteroatoms. The Bertz CT molecular complexity index is 1910. The predicted octanol–water partition coefficient (Wildman–Crippen LogP) is 7.16. The molecule has 2 aromatic carbocycles. The number of thioether (sulfide) groups is 2. The van der Waals surface area contributed by atoms with Gasteiger partial charge in [-0.05, 0) is 118 Å². The van der Waals surface area contributed by atoms with Crippen molar-refractivity contribution in [2.24, 2.45) is 23.1 Å². The number of aryl methyl sites for hydroxylation is 1. The number of nitrogens with two attached hydrogens (primary N) is 3. The first-order valence-corrected chi connectivity index (χ1v) is 20.1. The van der Waals surface area contributed by atoms with Gasteiger partial charge in [0.05, 0.1) is 16.4 Å². The Hall–Kier alpha value is -3.36. The zero-order chi connectivity index (χ0) is 36.1. The van der Waals surface area contributed by atoms with Crippen LogP contribution in [0.15, 0.2) is 53.5 Å². The largest absolute Gasteiger partial charge is 0.379 e. The molecule has 2 fully saturated rings. The molecule has 1 aliphatic carbocycles. The highest BCUT2D eigenvalue weighted by Gasteiger charge is 2.31. The fourth-order valence-corrected chi connectivity index (χ4v) is 8.69. The maximum Gasteiger partial charge on any atom is 0.354 e. The molecule has 4 aromatic rings. The summed E-state index contributed by atoms with van der Waals surface area (Å²) in [4.78, 5) is 23.3. The van der Waals surface area contributed by atoms with E-state index in [1.54, 1.807) is 12.3 Å². The number of halogens is 2. The molecule has 3 atom stereocenters. The minimum atomic E-state index is -0.512. The Morgan fingerprint density at radius 3 is 2.51 bits per heavy atom. The number of fused-ring (bicyclic) bond motifs is 1. The van der Waals surface area contributed by atoms with Crippen LogP contribution in [0.25, 0.3) is 28.0 Å². The molecule has 1 aliphatic heterocycles. The summed E-state index contributed by atoms with van der Waals surface area (Å²) in [5, 5.41) is 16.2. The number of rotatable bonds is 15. The van der Waals surface area contributed by atoms with E-state index in [2.05, 4.69) is 27.0 Å². The molecule has 0 radical (unpaired) electrons. The van der Waals surface area contributed by atoms with Crippen LogP contribution in [0, 0.1) is 22.6 Å². The van der Waals surface area contributed by atoms with Crippen molar-refractivity contribution in [2.45, 2.75) is 82.3 Å². The van der Waals surface area contributed by atoms with Crippen molar-refractivity contribution in [1.29, 1.82) is 10.8 Å². The highest BCUT2D eigenvalue weighted by molar-refractivity contribution is 8.13. The molecule has 1 saturated carbocycles. The zero-order valence-electron chi connectivity index (χ0n) is 28.7. The number of aromatic amines is 1. The Kier molecular flexibility index (Phi) is 12.5. The van der Waals surface area contributed by atoms with Crippen LogP contribution in [0.2, 0.25) is 5.02 Å². The van der Waals surface area contributed by atoms with E-state index in [1.165, 1.54) is 46.5 Å². The van der Waals surface area contributed by atoms with Crippen molar-refractivity contribution >= 4 is 56.5 Å². The number of nitrogens with zero attached hydrogens (tertiary/aromatic N) is 3. The lowest BCUT2D eigenvalue weighted by atomic mass is 9.89. The third kappa shape index (κ3) is 9.55. The van der Waals surface area contributed by atoms with Gasteiger partial charge in [0.1, 0.15) is 5.65 Å². The first-order chi connectivity index (χ1) is 24.6. The van der Waals surface area contributed by atoms with Gasteiger partial charge in [-0.3, -0.25) is 20.3 Å². The highest BCUT2D eigenvalue weighted by Crippen LogP contribution is 2.37. The Balaban J connectivity index is 1.20. The first-order valence-electron chi connectivity index (χ1n) is 17.7. The van der Waals surface area contributed by atoms with Gasteiger partial charge in [0.25, 0.3) is 0 Å². The third-order valence-corrected chi connectivity index (χ3v) is 11.9. The van der Waals surface area contributed by atoms with Gasteiger partial charge < -0.3 is 22.2 Å². The van der Waals surface area contributed by atoms with Crippen molar-refractivity contribution in [3.8, 4) is 16.9 Å². The Labute approximate surface area is 311 Å². The maximum atomic E-state index is 15.3. The fourth-order valence-electron chi connectivity index (χ4n) is 7.34. The third-order valence-electron chi connectivity index (χ3n) is 10.1. The zero-order valence-corrected chi connectivity index (χ0v) is 31.1. The summed E-state index contributed by atoms with van der Waals surface area (Å²) < 4.78 is 16.9. The molecule has 10 nitrogen and oxygen atoms in total. The van der Waals surface area contributed by atoms with Gasteiger partial charge in [-0.2, -0.15) is 4.98 Å². The first kappa shape index (κ1) is 37.4. The van der Waals surface area contributed by atoms with Crippen LogP contribution in [0.5, 0.6) is 0 Å². The van der Waals surface area contributed by atoms with E-state index in [4.69, 9.17) is 39.6 Å². The monoisotopic (exact) mass is 751 g/mol. The van der Waals surface area contributed by atoms with Crippen LogP contribution < -0.4 is 22.9 Å². The van der Waals surface area contributed by atoms with E-state index in [0.29, 0.717) is 39.9 Å². The second-order valence-electron chi connectivity index (χ2n) is 13.7. The molecule has 6 rings (SSSR count). The molecule has 2 aliphatic rings. The second-order valence-corrected chi connectivity index (χ2v) is 16.4. The lowest BCUT2D eigenvalue weighted by molar-refractivity contribution is 0.0809. The number of hydrogen-bond acceptors (Lipinski definition) is 8. The SMILES string of the molecule is N=C(N)SCCCN1[C@H](CCSC(=N)N)CCC[C@H]1c1ccc(-n2cc3cc(-c4cc(CCC[C@@H](N)C5CC5)cc(Cl)c4F)[nH]c3nc2=O)cc1. The van der Waals surface area contributed by atoms with E-state index >= 15 is 4.39 Å². The van der Waals surface area contributed by atoms with Crippen molar-refractivity contribution in [1.82, 2.24) is 19.4 Å². The molecule has 3 heterocycles. The standard InChI is InChI=1S/C37H47ClFN9OS2/c38-29-19-22(4-1-6-30(40)23-8-9-23)18-28(33(29)39)31-20-25-21-48(37(49)46-34(25)45-31)27-12-10-24(11-13-27)32-7-2-5-26(14-17-51-36(43)44)47(32)15-3-16-50-35(41)42/h10-13,18-21,23,26,30,32H,1-9,14-17,40H2,(H3,41,42)(H3,43,44)(H,45,46,49)/t26-,30+,32-/m0/s1. The number of hydrogen-bond donors (Lipinski definition) is 6. The van der Waals surface area contributed by atoms with Crippen LogP contribution >= 0.6 is 35.1 Å². The number of nitrogens with one attached hydrogen (secondary N) is 3. The van der Waals surface area contributed by atoms with Crippen molar-refractivity contribution in [3.05, 3.63) is 81.1 Å². The summed E-state index contributed by atoms with van der Waals surface area (Å²) in [6.45, 7) is 0.876. The number of likely N-dealkylation sites (tertiary alicyclic amines) is 1. The van der Waals surface area contributed by atoms with Gasteiger partial charge in [0, 0.05) is 46.8 Å². The van der Waals surface area contributed by atoms with Gasteiger partial charge >= 0.3 is 5.69 Å². The topological polar surface area (TPSA) is 180 Å². The molecule has 2 aromatic heterocycles. The molecular weight excluding hydrogens is 705 g/mol. The van der Waals surface area contributed by atoms with Gasteiger partial charge in [-0.25, -0.2) is 9.18 Å². The summed E-state index contributed by atoms with van der Waals surface area (Å²) >= 11 is 9.10. The van der Waals surface area contributed by atoms with E-state index in [0.717, 1.165) is 75.0 Å². The molecular formula is C37H47ClFN9OS2. The molecule has 1 saturated heterocycles. The number of amidine groups is 2. The van der Waals surface area contributed by atoms with Gasteiger partial charge in [0.15, 0.2) is 16.2 Å². The smallest absolute Gasteiger partial charge is 0.354 e. The van der Waals surface area contributed by atoms with Crippen LogP contribution in [-0.2, 0) is 6.42 Å². The number of aromatic nitrogens is 3. The minimum Gasteiger partial charge on any atom is -0.379 e. The molecule has 9 N–H and O–H groups in total. The molecule has 0 bridgehead atoms. The Morgan fingerprint density at radius 2 is 1.78 bits per heavy atom. The highest BCUT2D eigenvalue weighted by atomic mass is 35.5. The van der Waals surface area contributed by atoms with E-state index in [-0.39, 0.29) is 27.4 Å². The average molecular weight is 752 g/mol. The lowest BCUT2D eigenvalue weighted by Gasteiger charge is -2.43. The summed E-state index contributed by atoms with van der Waals surface area (Å²) in [6.07, 6.45) is 11.8. The van der Waals surface area contributed by atoms with Crippen molar-refractivity contribution < 1.29 is 4.39 Å². The predicted molar refractivity (Wildman–Crippen MR) is 211 cm³/mol. The number of H-pyrrole nitrogens is 1. The summed E-state index contributed by atoms with van der Waals surface area (Å²) in [5.74, 6) is 1.71. The van der Waals surface area contributed by atoms with E-state index < -0.39 is 11.5 Å². The fraction of sp³-hybridized carbons (Fsp3) is 0.459. The molecule has 0 unspecified atom stereocenters. The van der Waals surface area contributed by atoms with Crippen LogP contribution in [-0.4, -0.2) is 59.9 Å². The lowest BCUT2D eigenvalue weighted by Crippen LogP contribution is -2.43. The second kappa shape index (κ2) is 17.0.